The third kappa shape index (κ3) is 1.66. The summed E-state index contributed by atoms with van der Waals surface area (Å²) in [6, 6.07) is 17.1. The molecular formula is C21H14N4O3. The lowest BCUT2D eigenvalue weighted by Gasteiger charge is -2.32. The number of rotatable bonds is 1. The quantitative estimate of drug-likeness (QED) is 0.572. The Morgan fingerprint density at radius 3 is 2.61 bits per heavy atom. The molecule has 0 saturated heterocycles. The van der Waals surface area contributed by atoms with Gasteiger partial charge in [0.05, 0.1) is 17.0 Å². The Balaban J connectivity index is 1.75. The molecule has 136 valence electrons. The average molecular weight is 370 g/mol. The van der Waals surface area contributed by atoms with E-state index in [9.17, 15) is 9.59 Å². The topological polar surface area (TPSA) is 96.1 Å². The highest BCUT2D eigenvalue weighted by Crippen LogP contribution is 2.56. The zero-order chi connectivity index (χ0) is 18.9. The van der Waals surface area contributed by atoms with Crippen LogP contribution in [0.4, 0.5) is 11.5 Å². The number of hydrogen-bond acceptors (Lipinski definition) is 5. The maximum absolute atomic E-state index is 13.5. The van der Waals surface area contributed by atoms with Crippen molar-refractivity contribution in [3.63, 3.8) is 0 Å². The molecule has 1 unspecified atom stereocenters. The van der Waals surface area contributed by atoms with E-state index < -0.39 is 11.4 Å². The summed E-state index contributed by atoms with van der Waals surface area (Å²) in [4.78, 5) is 26.3. The third-order valence-corrected chi connectivity index (χ3v) is 5.62. The molecule has 4 heterocycles. The highest BCUT2D eigenvalue weighted by Gasteiger charge is 2.61. The van der Waals surface area contributed by atoms with Crippen LogP contribution in [0.25, 0.3) is 11.3 Å². The first-order valence-electron chi connectivity index (χ1n) is 8.94. The van der Waals surface area contributed by atoms with Crippen molar-refractivity contribution >= 4 is 23.4 Å². The molecule has 1 spiro atoms. The van der Waals surface area contributed by atoms with Crippen LogP contribution in [0.5, 0.6) is 0 Å². The van der Waals surface area contributed by atoms with E-state index in [2.05, 4.69) is 20.8 Å². The fourth-order valence-corrected chi connectivity index (χ4v) is 4.52. The van der Waals surface area contributed by atoms with Crippen LogP contribution in [0, 0.1) is 0 Å². The molecule has 2 aromatic carbocycles. The second-order valence-corrected chi connectivity index (χ2v) is 6.99. The highest BCUT2D eigenvalue weighted by molar-refractivity contribution is 6.19. The average Bonchev–Trinajstić information content (AvgIpc) is 3.39. The Kier molecular flexibility index (Phi) is 2.77. The molecule has 1 aromatic heterocycles. The normalized spacial score (nSPS) is 21.7. The molecule has 0 bridgehead atoms. The number of carbonyl (C=O) groups is 2. The van der Waals surface area contributed by atoms with Crippen molar-refractivity contribution in [1.29, 1.82) is 0 Å². The van der Waals surface area contributed by atoms with Gasteiger partial charge in [0, 0.05) is 16.8 Å². The van der Waals surface area contributed by atoms with Gasteiger partial charge in [-0.2, -0.15) is 5.10 Å². The van der Waals surface area contributed by atoms with Crippen LogP contribution in [-0.2, 0) is 19.7 Å². The van der Waals surface area contributed by atoms with Gasteiger partial charge in [-0.3, -0.25) is 9.89 Å². The lowest BCUT2D eigenvalue weighted by atomic mass is 9.67. The molecule has 0 radical (unpaired) electrons. The summed E-state index contributed by atoms with van der Waals surface area (Å²) in [5, 5.41) is 13.6. The van der Waals surface area contributed by atoms with E-state index in [0.29, 0.717) is 34.0 Å². The minimum absolute atomic E-state index is 0.0956. The Bertz CT molecular complexity index is 1210. The number of ether oxygens (including phenoxy) is 1. The second kappa shape index (κ2) is 5.10. The van der Waals surface area contributed by atoms with Crippen molar-refractivity contribution in [2.75, 3.05) is 17.2 Å². The van der Waals surface area contributed by atoms with Crippen molar-refractivity contribution in [2.45, 2.75) is 5.41 Å². The monoisotopic (exact) mass is 370 g/mol. The number of esters is 1. The van der Waals surface area contributed by atoms with Gasteiger partial charge >= 0.3 is 5.97 Å². The SMILES string of the molecule is O=C1OCC2=C1C1(C(=O)Nc3ccccc31)c1c(n[nH]c1-c1ccccc1)N2. The molecule has 1 atom stereocenters. The Labute approximate surface area is 159 Å². The summed E-state index contributed by atoms with van der Waals surface area (Å²) >= 11 is 0. The number of para-hydroxylation sites is 1. The summed E-state index contributed by atoms with van der Waals surface area (Å²) in [5.41, 5.74) is 3.24. The first-order chi connectivity index (χ1) is 13.7. The zero-order valence-corrected chi connectivity index (χ0v) is 14.6. The Morgan fingerprint density at radius 1 is 0.964 bits per heavy atom. The van der Waals surface area contributed by atoms with Gasteiger partial charge in [0.25, 0.3) is 0 Å². The Hall–Kier alpha value is -3.87. The number of aromatic nitrogens is 2. The molecule has 3 aromatic rings. The van der Waals surface area contributed by atoms with E-state index in [1.165, 1.54) is 0 Å². The molecule has 3 aliphatic heterocycles. The molecule has 0 aliphatic carbocycles. The minimum atomic E-state index is -1.31. The molecule has 7 heteroatoms. The van der Waals surface area contributed by atoms with Crippen LogP contribution in [0.1, 0.15) is 11.1 Å². The van der Waals surface area contributed by atoms with Crippen molar-refractivity contribution in [3.8, 4) is 11.3 Å². The number of nitrogens with zero attached hydrogens (tertiary/aromatic N) is 1. The van der Waals surface area contributed by atoms with Crippen molar-refractivity contribution in [1.82, 2.24) is 10.2 Å². The number of hydrogen-bond donors (Lipinski definition) is 3. The van der Waals surface area contributed by atoms with Gasteiger partial charge in [0.2, 0.25) is 5.91 Å². The molecule has 28 heavy (non-hydrogen) atoms. The smallest absolute Gasteiger partial charge is 0.338 e. The molecule has 0 saturated carbocycles. The number of fused-ring (bicyclic) bond motifs is 5. The van der Waals surface area contributed by atoms with Crippen molar-refractivity contribution in [2.24, 2.45) is 0 Å². The fourth-order valence-electron chi connectivity index (χ4n) is 4.52. The predicted octanol–water partition coefficient (Wildman–Crippen LogP) is 2.55. The van der Waals surface area contributed by atoms with Crippen molar-refractivity contribution < 1.29 is 14.3 Å². The second-order valence-electron chi connectivity index (χ2n) is 6.99. The standard InChI is InChI=1S/C21H14N4O3/c26-19-15-14(10-28-19)22-18-16(17(24-25-18)11-6-2-1-3-7-11)21(15)12-8-4-5-9-13(12)23-20(21)27/h1-9H,10H2,(H,23,27)(H2,22,24,25). The summed E-state index contributed by atoms with van der Waals surface area (Å²) in [6.45, 7) is 0.0956. The molecular weight excluding hydrogens is 356 g/mol. The number of carbonyl (C=O) groups excluding carboxylic acids is 2. The van der Waals surface area contributed by atoms with Gasteiger partial charge < -0.3 is 15.4 Å². The van der Waals surface area contributed by atoms with Crippen LogP contribution in [0.15, 0.2) is 65.9 Å². The van der Waals surface area contributed by atoms with E-state index in [0.717, 1.165) is 11.1 Å². The molecule has 0 fully saturated rings. The number of cyclic esters (lactones) is 1. The lowest BCUT2D eigenvalue weighted by Crippen LogP contribution is -2.43. The maximum atomic E-state index is 13.5. The first-order valence-corrected chi connectivity index (χ1v) is 8.94. The number of amides is 1. The van der Waals surface area contributed by atoms with Crippen LogP contribution < -0.4 is 10.6 Å². The van der Waals surface area contributed by atoms with E-state index >= 15 is 0 Å². The van der Waals surface area contributed by atoms with E-state index in [4.69, 9.17) is 4.74 Å². The van der Waals surface area contributed by atoms with E-state index in [-0.39, 0.29) is 12.5 Å². The van der Waals surface area contributed by atoms with E-state index in [1.807, 2.05) is 54.6 Å². The van der Waals surface area contributed by atoms with Crippen LogP contribution in [0.2, 0.25) is 0 Å². The van der Waals surface area contributed by atoms with Crippen LogP contribution >= 0.6 is 0 Å². The summed E-state index contributed by atoms with van der Waals surface area (Å²) in [5.74, 6) is -0.232. The number of benzene rings is 2. The summed E-state index contributed by atoms with van der Waals surface area (Å²) < 4.78 is 5.30. The number of nitrogens with one attached hydrogen (secondary N) is 3. The largest absolute Gasteiger partial charge is 0.456 e. The van der Waals surface area contributed by atoms with Crippen molar-refractivity contribution in [3.05, 3.63) is 77.0 Å². The van der Waals surface area contributed by atoms with Gasteiger partial charge in [-0.15, -0.1) is 0 Å². The van der Waals surface area contributed by atoms with E-state index in [1.54, 1.807) is 0 Å². The third-order valence-electron chi connectivity index (χ3n) is 5.62. The fraction of sp³-hybridized carbons (Fsp3) is 0.0952. The van der Waals surface area contributed by atoms with Crippen LogP contribution in [-0.4, -0.2) is 28.7 Å². The van der Waals surface area contributed by atoms with Gasteiger partial charge in [-0.25, -0.2) is 4.79 Å². The highest BCUT2D eigenvalue weighted by atomic mass is 16.5. The maximum Gasteiger partial charge on any atom is 0.338 e. The Morgan fingerprint density at radius 2 is 1.75 bits per heavy atom. The van der Waals surface area contributed by atoms with Gasteiger partial charge in [0.15, 0.2) is 5.82 Å². The van der Waals surface area contributed by atoms with Gasteiger partial charge in [-0.1, -0.05) is 48.5 Å². The van der Waals surface area contributed by atoms with Crippen LogP contribution in [0.3, 0.4) is 0 Å². The molecule has 3 N–H and O–H groups in total. The predicted molar refractivity (Wildman–Crippen MR) is 101 cm³/mol. The molecule has 6 rings (SSSR count). The van der Waals surface area contributed by atoms with Gasteiger partial charge in [0.1, 0.15) is 12.0 Å². The summed E-state index contributed by atoms with van der Waals surface area (Å²) in [6.07, 6.45) is 0. The molecule has 1 amide bonds. The lowest BCUT2D eigenvalue weighted by molar-refractivity contribution is -0.137. The number of aromatic amines is 1. The zero-order valence-electron chi connectivity index (χ0n) is 14.6. The van der Waals surface area contributed by atoms with Gasteiger partial charge in [-0.05, 0) is 11.6 Å². The number of H-pyrrole nitrogens is 1. The molecule has 7 nitrogen and oxygen atoms in total. The number of anilines is 2. The molecule has 3 aliphatic rings. The minimum Gasteiger partial charge on any atom is -0.456 e. The first kappa shape index (κ1) is 15.2. The summed E-state index contributed by atoms with van der Waals surface area (Å²) in [7, 11) is 0.